The van der Waals surface area contributed by atoms with E-state index in [1.54, 1.807) is 0 Å². The van der Waals surface area contributed by atoms with E-state index >= 15 is 0 Å². The van der Waals surface area contributed by atoms with Gasteiger partial charge in [0.1, 0.15) is 5.82 Å². The van der Waals surface area contributed by atoms with E-state index in [9.17, 15) is 4.79 Å². The molecule has 4 nitrogen and oxygen atoms in total. The minimum absolute atomic E-state index is 0.0916. The Balaban J connectivity index is 1.96. The number of aromatic carboxylic acids is 1. The Morgan fingerprint density at radius 3 is 2.83 bits per heavy atom. The van der Waals surface area contributed by atoms with Gasteiger partial charge in [0.05, 0.1) is 17.0 Å². The minimum Gasteiger partial charge on any atom is -0.476 e. The number of hydrogen-bond acceptors (Lipinski definition) is 4. The largest absolute Gasteiger partial charge is 0.476 e. The monoisotopic (exact) mass is 286 g/mol. The van der Waals surface area contributed by atoms with Crippen LogP contribution in [0.2, 0.25) is 5.02 Å². The molecule has 0 atom stereocenters. The highest BCUT2D eigenvalue weighted by molar-refractivity contribution is 7.99. The minimum atomic E-state index is -1.11. The van der Waals surface area contributed by atoms with E-state index in [1.165, 1.54) is 38.3 Å². The van der Waals surface area contributed by atoms with Gasteiger partial charge in [0.15, 0.2) is 5.69 Å². The van der Waals surface area contributed by atoms with Crippen LogP contribution in [-0.4, -0.2) is 26.3 Å². The highest BCUT2D eigenvalue weighted by Crippen LogP contribution is 2.30. The number of hydrogen-bond donors (Lipinski definition) is 1. The van der Waals surface area contributed by atoms with Gasteiger partial charge in [-0.1, -0.05) is 30.9 Å². The van der Waals surface area contributed by atoms with Crippen LogP contribution in [0, 0.1) is 0 Å². The summed E-state index contributed by atoms with van der Waals surface area (Å²) in [6, 6.07) is 0. The smallest absolute Gasteiger partial charge is 0.356 e. The van der Waals surface area contributed by atoms with E-state index in [1.807, 2.05) is 11.8 Å². The predicted octanol–water partition coefficient (Wildman–Crippen LogP) is 3.39. The molecule has 1 fully saturated rings. The summed E-state index contributed by atoms with van der Waals surface area (Å²) in [5.74, 6) is 0.0981. The molecule has 1 aliphatic rings. The molecule has 1 aromatic rings. The van der Waals surface area contributed by atoms with Crippen LogP contribution in [0.4, 0.5) is 0 Å². The van der Waals surface area contributed by atoms with Crippen LogP contribution < -0.4 is 0 Å². The number of aromatic nitrogens is 2. The maximum atomic E-state index is 10.9. The van der Waals surface area contributed by atoms with E-state index < -0.39 is 5.97 Å². The lowest BCUT2D eigenvalue weighted by atomic mass is 10.0. The standard InChI is InChI=1S/C12H15ClN2O2S/c13-9-6-14-10(15-11(9)12(16)17)7-18-8-4-2-1-3-5-8/h6,8H,1-5,7H2,(H,16,17). The van der Waals surface area contributed by atoms with Crippen LogP contribution in [0.25, 0.3) is 0 Å². The van der Waals surface area contributed by atoms with Crippen molar-refractivity contribution in [2.24, 2.45) is 0 Å². The molecular weight excluding hydrogens is 272 g/mol. The molecule has 1 aliphatic carbocycles. The lowest BCUT2D eigenvalue weighted by Crippen LogP contribution is -2.10. The summed E-state index contributed by atoms with van der Waals surface area (Å²) in [5.41, 5.74) is -0.106. The molecule has 2 rings (SSSR count). The zero-order valence-electron chi connectivity index (χ0n) is 9.93. The SMILES string of the molecule is O=C(O)c1nc(CSC2CCCCC2)ncc1Cl. The second-order valence-electron chi connectivity index (χ2n) is 4.36. The summed E-state index contributed by atoms with van der Waals surface area (Å²) in [5, 5.41) is 9.68. The van der Waals surface area contributed by atoms with E-state index in [0.717, 1.165) is 0 Å². The van der Waals surface area contributed by atoms with Crippen molar-refractivity contribution in [3.8, 4) is 0 Å². The van der Waals surface area contributed by atoms with E-state index in [0.29, 0.717) is 16.8 Å². The van der Waals surface area contributed by atoms with E-state index in [4.69, 9.17) is 16.7 Å². The molecule has 6 heteroatoms. The number of halogens is 1. The maximum Gasteiger partial charge on any atom is 0.356 e. The average Bonchev–Trinajstić information content (AvgIpc) is 2.38. The second kappa shape index (κ2) is 6.38. The van der Waals surface area contributed by atoms with Gasteiger partial charge in [-0.3, -0.25) is 0 Å². The molecule has 1 N–H and O–H groups in total. The summed E-state index contributed by atoms with van der Waals surface area (Å²) < 4.78 is 0. The van der Waals surface area contributed by atoms with Gasteiger partial charge >= 0.3 is 5.97 Å². The zero-order chi connectivity index (χ0) is 13.0. The number of carboxylic acid groups (broad SMARTS) is 1. The normalized spacial score (nSPS) is 16.7. The van der Waals surface area contributed by atoms with Crippen molar-refractivity contribution in [3.05, 3.63) is 22.7 Å². The van der Waals surface area contributed by atoms with Crippen LogP contribution in [0.15, 0.2) is 6.20 Å². The highest BCUT2D eigenvalue weighted by atomic mass is 35.5. The lowest BCUT2D eigenvalue weighted by Gasteiger charge is -2.20. The van der Waals surface area contributed by atoms with Crippen molar-refractivity contribution in [1.29, 1.82) is 0 Å². The number of thioether (sulfide) groups is 1. The molecule has 1 heterocycles. The van der Waals surface area contributed by atoms with Crippen LogP contribution in [0.5, 0.6) is 0 Å². The Hall–Kier alpha value is -0.810. The van der Waals surface area contributed by atoms with Gasteiger partial charge in [-0.15, -0.1) is 0 Å². The zero-order valence-corrected chi connectivity index (χ0v) is 11.5. The predicted molar refractivity (Wildman–Crippen MR) is 72.2 cm³/mol. The topological polar surface area (TPSA) is 63.1 Å². The second-order valence-corrected chi connectivity index (χ2v) is 6.05. The lowest BCUT2D eigenvalue weighted by molar-refractivity contribution is 0.0690. The molecule has 0 amide bonds. The molecule has 0 bridgehead atoms. The first-order valence-corrected chi connectivity index (χ1v) is 7.46. The van der Waals surface area contributed by atoms with Crippen molar-refractivity contribution in [3.63, 3.8) is 0 Å². The Bertz CT molecular complexity index is 436. The highest BCUT2D eigenvalue weighted by Gasteiger charge is 2.16. The molecule has 0 unspecified atom stereocenters. The molecule has 18 heavy (non-hydrogen) atoms. The van der Waals surface area contributed by atoms with Gasteiger partial charge < -0.3 is 5.11 Å². The first-order valence-electron chi connectivity index (χ1n) is 6.03. The molecule has 1 aromatic heterocycles. The van der Waals surface area contributed by atoms with Crippen LogP contribution >= 0.6 is 23.4 Å². The van der Waals surface area contributed by atoms with Gasteiger partial charge in [-0.05, 0) is 12.8 Å². The van der Waals surface area contributed by atoms with Gasteiger partial charge in [-0.25, -0.2) is 14.8 Å². The fourth-order valence-electron chi connectivity index (χ4n) is 2.05. The Kier molecular flexibility index (Phi) is 4.83. The molecule has 0 radical (unpaired) electrons. The molecular formula is C12H15ClN2O2S. The first-order chi connectivity index (χ1) is 8.66. The number of carbonyl (C=O) groups is 1. The third kappa shape index (κ3) is 3.59. The number of nitrogens with zero attached hydrogens (tertiary/aromatic N) is 2. The van der Waals surface area contributed by atoms with Gasteiger partial charge in [0, 0.05) is 5.25 Å². The summed E-state index contributed by atoms with van der Waals surface area (Å²) in [4.78, 5) is 19.0. The number of carboxylic acids is 1. The maximum absolute atomic E-state index is 10.9. The number of rotatable bonds is 4. The quantitative estimate of drug-likeness (QED) is 0.919. The summed E-state index contributed by atoms with van der Waals surface area (Å²) in [6.07, 6.45) is 7.76. The fraction of sp³-hybridized carbons (Fsp3) is 0.583. The average molecular weight is 287 g/mol. The third-order valence-electron chi connectivity index (χ3n) is 3.00. The first kappa shape index (κ1) is 13.6. The summed E-state index contributed by atoms with van der Waals surface area (Å²) >= 11 is 7.54. The van der Waals surface area contributed by atoms with Gasteiger partial charge in [0.25, 0.3) is 0 Å². The summed E-state index contributed by atoms with van der Waals surface area (Å²) in [6.45, 7) is 0. The molecule has 1 saturated carbocycles. The Labute approximate surface area is 115 Å². The molecule has 98 valence electrons. The Morgan fingerprint density at radius 2 is 2.17 bits per heavy atom. The van der Waals surface area contributed by atoms with Crippen molar-refractivity contribution >= 4 is 29.3 Å². The molecule has 0 aromatic carbocycles. The van der Waals surface area contributed by atoms with E-state index in [2.05, 4.69) is 9.97 Å². The molecule has 0 spiro atoms. The van der Waals surface area contributed by atoms with Gasteiger partial charge in [0.2, 0.25) is 0 Å². The van der Waals surface area contributed by atoms with Crippen molar-refractivity contribution in [1.82, 2.24) is 9.97 Å². The van der Waals surface area contributed by atoms with Crippen LogP contribution in [0.3, 0.4) is 0 Å². The van der Waals surface area contributed by atoms with Crippen molar-refractivity contribution in [2.45, 2.75) is 43.1 Å². The van der Waals surface area contributed by atoms with Crippen LogP contribution in [-0.2, 0) is 5.75 Å². The Morgan fingerprint density at radius 1 is 1.44 bits per heavy atom. The fourth-order valence-corrected chi connectivity index (χ4v) is 3.41. The van der Waals surface area contributed by atoms with Gasteiger partial charge in [-0.2, -0.15) is 11.8 Å². The van der Waals surface area contributed by atoms with E-state index in [-0.39, 0.29) is 10.7 Å². The summed E-state index contributed by atoms with van der Waals surface area (Å²) in [7, 11) is 0. The van der Waals surface area contributed by atoms with Crippen LogP contribution in [0.1, 0.15) is 48.4 Å². The van der Waals surface area contributed by atoms with Crippen molar-refractivity contribution < 1.29 is 9.90 Å². The third-order valence-corrected chi connectivity index (χ3v) is 4.64. The molecule has 0 saturated heterocycles. The van der Waals surface area contributed by atoms with Crippen molar-refractivity contribution in [2.75, 3.05) is 0 Å². The molecule has 0 aliphatic heterocycles.